The Balaban J connectivity index is 1.76. The summed E-state index contributed by atoms with van der Waals surface area (Å²) in [5.41, 5.74) is 2.98. The Labute approximate surface area is 193 Å². The molecule has 0 bridgehead atoms. The molecule has 4 aromatic rings. The summed E-state index contributed by atoms with van der Waals surface area (Å²) >= 11 is 0. The summed E-state index contributed by atoms with van der Waals surface area (Å²) in [7, 11) is 3.96. The van der Waals surface area contributed by atoms with Crippen LogP contribution < -0.4 is 0 Å². The van der Waals surface area contributed by atoms with Crippen LogP contribution in [0.5, 0.6) is 0 Å². The number of hydrogen-bond acceptors (Lipinski definition) is 3. The average Bonchev–Trinajstić information content (AvgIpc) is 3.28. The molecule has 4 rings (SSSR count). The number of rotatable bonds is 8. The molecule has 1 aromatic heterocycles. The van der Waals surface area contributed by atoms with E-state index in [1.165, 1.54) is 6.07 Å². The number of para-hydroxylation sites is 1. The molecule has 5 nitrogen and oxygen atoms in total. The Morgan fingerprint density at radius 3 is 2.18 bits per heavy atom. The first kappa shape index (κ1) is 22.4. The van der Waals surface area contributed by atoms with Gasteiger partial charge in [-0.05, 0) is 50.0 Å². The highest BCUT2D eigenvalue weighted by atomic mass is 19.1. The van der Waals surface area contributed by atoms with Gasteiger partial charge in [-0.2, -0.15) is 5.10 Å². The zero-order valence-corrected chi connectivity index (χ0v) is 18.9. The van der Waals surface area contributed by atoms with E-state index in [9.17, 15) is 9.18 Å². The molecule has 33 heavy (non-hydrogen) atoms. The minimum Gasteiger partial charge on any atom is -0.332 e. The van der Waals surface area contributed by atoms with Crippen molar-refractivity contribution in [3.63, 3.8) is 0 Å². The van der Waals surface area contributed by atoms with E-state index in [2.05, 4.69) is 5.10 Å². The number of aromatic nitrogens is 2. The van der Waals surface area contributed by atoms with E-state index in [1.807, 2.05) is 84.6 Å². The quantitative estimate of drug-likeness (QED) is 0.390. The molecule has 3 aromatic carbocycles. The largest absolute Gasteiger partial charge is 0.332 e. The summed E-state index contributed by atoms with van der Waals surface area (Å²) in [4.78, 5) is 17.7. The second-order valence-corrected chi connectivity index (χ2v) is 8.16. The monoisotopic (exact) mass is 442 g/mol. The normalized spacial score (nSPS) is 11.0. The first-order chi connectivity index (χ1) is 16.0. The van der Waals surface area contributed by atoms with Crippen LogP contribution in [0.15, 0.2) is 91.0 Å². The zero-order valence-electron chi connectivity index (χ0n) is 18.9. The molecule has 0 unspecified atom stereocenters. The van der Waals surface area contributed by atoms with Crippen molar-refractivity contribution in [1.29, 1.82) is 0 Å². The van der Waals surface area contributed by atoms with Gasteiger partial charge in [0.1, 0.15) is 11.5 Å². The van der Waals surface area contributed by atoms with Gasteiger partial charge in [0.25, 0.3) is 5.91 Å². The lowest BCUT2D eigenvalue weighted by atomic mass is 10.1. The number of benzene rings is 3. The van der Waals surface area contributed by atoms with E-state index in [-0.39, 0.29) is 11.7 Å². The van der Waals surface area contributed by atoms with Gasteiger partial charge in [0.05, 0.1) is 11.4 Å². The van der Waals surface area contributed by atoms with Crippen LogP contribution in [-0.4, -0.2) is 52.7 Å². The number of amides is 1. The molecule has 0 atom stereocenters. The Morgan fingerprint density at radius 2 is 1.52 bits per heavy atom. The van der Waals surface area contributed by atoms with Crippen molar-refractivity contribution >= 4 is 5.91 Å². The predicted molar refractivity (Wildman–Crippen MR) is 129 cm³/mol. The van der Waals surface area contributed by atoms with Gasteiger partial charge in [-0.15, -0.1) is 0 Å². The molecular weight excluding hydrogens is 415 g/mol. The summed E-state index contributed by atoms with van der Waals surface area (Å²) in [6.45, 7) is 1.75. The lowest BCUT2D eigenvalue weighted by Crippen LogP contribution is -2.37. The second kappa shape index (κ2) is 10.2. The predicted octanol–water partition coefficient (Wildman–Crippen LogP) is 4.88. The zero-order chi connectivity index (χ0) is 23.2. The van der Waals surface area contributed by atoms with Gasteiger partial charge in [-0.3, -0.25) is 4.79 Å². The minimum atomic E-state index is -0.372. The van der Waals surface area contributed by atoms with Crippen LogP contribution in [0.4, 0.5) is 4.39 Å². The molecule has 0 aliphatic carbocycles. The number of halogens is 1. The molecule has 0 aliphatic heterocycles. The highest BCUT2D eigenvalue weighted by Crippen LogP contribution is 2.25. The number of likely N-dealkylation sites (N-methyl/N-ethyl adjacent to an activating group) is 1. The topological polar surface area (TPSA) is 41.4 Å². The van der Waals surface area contributed by atoms with Gasteiger partial charge in [0.2, 0.25) is 0 Å². The van der Waals surface area contributed by atoms with E-state index in [0.29, 0.717) is 30.0 Å². The fraction of sp³-hybridized carbons (Fsp3) is 0.185. The molecule has 0 fully saturated rings. The molecule has 0 spiro atoms. The van der Waals surface area contributed by atoms with Crippen LogP contribution >= 0.6 is 0 Å². The smallest absolute Gasteiger partial charge is 0.272 e. The minimum absolute atomic E-state index is 0.153. The van der Waals surface area contributed by atoms with Crippen molar-refractivity contribution in [2.75, 3.05) is 27.2 Å². The molecule has 6 heteroatoms. The van der Waals surface area contributed by atoms with Crippen molar-refractivity contribution in [3.8, 4) is 16.9 Å². The summed E-state index contributed by atoms with van der Waals surface area (Å²) in [5, 5.41) is 4.64. The Hall–Kier alpha value is -3.77. The third kappa shape index (κ3) is 5.35. The number of hydrogen-bond donors (Lipinski definition) is 0. The highest BCUT2D eigenvalue weighted by Gasteiger charge is 2.24. The first-order valence-corrected chi connectivity index (χ1v) is 10.9. The van der Waals surface area contributed by atoms with Crippen molar-refractivity contribution in [2.24, 2.45) is 0 Å². The standard InChI is InChI=1S/C27H27FN4O/c1-30(2)17-18-31(20-21-11-5-3-6-12-21)27(33)26-19-25(23-15-9-10-16-24(23)28)29-32(26)22-13-7-4-8-14-22/h3-16,19H,17-18,20H2,1-2H3. The van der Waals surface area contributed by atoms with Crippen LogP contribution in [0.2, 0.25) is 0 Å². The third-order valence-electron chi connectivity index (χ3n) is 5.40. The summed E-state index contributed by atoms with van der Waals surface area (Å²) < 4.78 is 16.1. The highest BCUT2D eigenvalue weighted by molar-refractivity contribution is 5.94. The fourth-order valence-electron chi connectivity index (χ4n) is 3.64. The molecule has 0 saturated heterocycles. The molecule has 168 valence electrons. The molecule has 1 amide bonds. The average molecular weight is 443 g/mol. The third-order valence-corrected chi connectivity index (χ3v) is 5.40. The SMILES string of the molecule is CN(C)CCN(Cc1ccccc1)C(=O)c1cc(-c2ccccc2F)nn1-c1ccccc1. The molecule has 0 saturated carbocycles. The Kier molecular flexibility index (Phi) is 6.95. The Morgan fingerprint density at radius 1 is 0.879 bits per heavy atom. The van der Waals surface area contributed by atoms with Crippen LogP contribution in [0, 0.1) is 5.82 Å². The van der Waals surface area contributed by atoms with E-state index >= 15 is 0 Å². The second-order valence-electron chi connectivity index (χ2n) is 8.16. The summed E-state index contributed by atoms with van der Waals surface area (Å²) in [6, 6.07) is 27.5. The summed E-state index contributed by atoms with van der Waals surface area (Å²) in [6.07, 6.45) is 0. The molecule has 0 radical (unpaired) electrons. The van der Waals surface area contributed by atoms with Gasteiger partial charge in [0.15, 0.2) is 0 Å². The van der Waals surface area contributed by atoms with E-state index in [0.717, 1.165) is 17.8 Å². The van der Waals surface area contributed by atoms with Gasteiger partial charge >= 0.3 is 0 Å². The maximum atomic E-state index is 14.5. The number of carbonyl (C=O) groups is 1. The van der Waals surface area contributed by atoms with Crippen LogP contribution in [0.1, 0.15) is 16.1 Å². The fourth-order valence-corrected chi connectivity index (χ4v) is 3.64. The van der Waals surface area contributed by atoms with Crippen LogP contribution in [-0.2, 0) is 6.54 Å². The van der Waals surface area contributed by atoms with Crippen molar-refractivity contribution in [2.45, 2.75) is 6.54 Å². The van der Waals surface area contributed by atoms with E-state index < -0.39 is 0 Å². The van der Waals surface area contributed by atoms with Crippen molar-refractivity contribution < 1.29 is 9.18 Å². The van der Waals surface area contributed by atoms with Crippen molar-refractivity contribution in [3.05, 3.63) is 108 Å². The molecule has 0 N–H and O–H groups in total. The van der Waals surface area contributed by atoms with Gasteiger partial charge in [-0.25, -0.2) is 9.07 Å². The van der Waals surface area contributed by atoms with Gasteiger partial charge in [0, 0.05) is 25.2 Å². The van der Waals surface area contributed by atoms with E-state index in [4.69, 9.17) is 0 Å². The number of nitrogens with zero attached hydrogens (tertiary/aromatic N) is 4. The van der Waals surface area contributed by atoms with Gasteiger partial charge in [-0.1, -0.05) is 60.7 Å². The first-order valence-electron chi connectivity index (χ1n) is 10.9. The number of carbonyl (C=O) groups excluding carboxylic acids is 1. The van der Waals surface area contributed by atoms with Gasteiger partial charge < -0.3 is 9.80 Å². The van der Waals surface area contributed by atoms with E-state index in [1.54, 1.807) is 28.9 Å². The van der Waals surface area contributed by atoms with Crippen molar-refractivity contribution in [1.82, 2.24) is 19.6 Å². The summed E-state index contributed by atoms with van der Waals surface area (Å²) in [5.74, 6) is -0.525. The van der Waals surface area contributed by atoms with Crippen LogP contribution in [0.3, 0.4) is 0 Å². The maximum Gasteiger partial charge on any atom is 0.272 e. The molecule has 0 aliphatic rings. The lowest BCUT2D eigenvalue weighted by Gasteiger charge is -2.25. The lowest BCUT2D eigenvalue weighted by molar-refractivity contribution is 0.0722. The van der Waals surface area contributed by atoms with Crippen LogP contribution in [0.25, 0.3) is 16.9 Å². The maximum absolute atomic E-state index is 14.5. The Bertz CT molecular complexity index is 1210. The molecular formula is C27H27FN4O. The molecule has 1 heterocycles.